The van der Waals surface area contributed by atoms with Crippen LogP contribution in [0.15, 0.2) is 48.5 Å². The third-order valence-corrected chi connectivity index (χ3v) is 12.5. The number of aromatic carboxylic acids is 1. The van der Waals surface area contributed by atoms with Gasteiger partial charge in [-0.15, -0.1) is 5.10 Å². The van der Waals surface area contributed by atoms with Crippen LogP contribution in [0, 0.1) is 17.3 Å². The summed E-state index contributed by atoms with van der Waals surface area (Å²) >= 11 is 0. The Labute approximate surface area is 372 Å². The molecule has 1 atom stereocenters. The number of carboxylic acids is 2. The van der Waals surface area contributed by atoms with Crippen LogP contribution in [-0.4, -0.2) is 110 Å². The van der Waals surface area contributed by atoms with Gasteiger partial charge in [0.2, 0.25) is 17.7 Å². The number of imidazole rings is 1. The first-order valence-electron chi connectivity index (χ1n) is 22.4. The van der Waals surface area contributed by atoms with Gasteiger partial charge in [-0.1, -0.05) is 74.7 Å². The molecule has 6 N–H and O–H groups in total. The van der Waals surface area contributed by atoms with Crippen molar-refractivity contribution < 1.29 is 43.7 Å². The van der Waals surface area contributed by atoms with Gasteiger partial charge in [-0.05, 0) is 78.5 Å². The fourth-order valence-electron chi connectivity index (χ4n) is 8.98. The molecule has 2 aromatic heterocycles. The summed E-state index contributed by atoms with van der Waals surface area (Å²) in [6.07, 6.45) is 7.86. The maximum atomic E-state index is 13.7. The lowest BCUT2D eigenvalue weighted by Gasteiger charge is -2.34. The number of carbonyl (C=O) groups is 5. The number of carboxylic acid groups (broad SMARTS) is 2. The summed E-state index contributed by atoms with van der Waals surface area (Å²) in [7, 11) is 1.55. The number of aromatic amines is 1. The molecule has 6 rings (SSSR count). The molecule has 2 aromatic carbocycles. The lowest BCUT2D eigenvalue weighted by atomic mass is 9.76. The molecule has 3 amide bonds. The predicted octanol–water partition coefficient (Wildman–Crippen LogP) is 4.93. The van der Waals surface area contributed by atoms with Crippen molar-refractivity contribution in [2.75, 3.05) is 33.5 Å². The van der Waals surface area contributed by atoms with Gasteiger partial charge in [0, 0.05) is 50.6 Å². The van der Waals surface area contributed by atoms with Gasteiger partial charge in [0.1, 0.15) is 5.82 Å². The van der Waals surface area contributed by atoms with Crippen molar-refractivity contribution in [2.45, 2.75) is 110 Å². The van der Waals surface area contributed by atoms with Gasteiger partial charge in [-0.25, -0.2) is 14.9 Å². The summed E-state index contributed by atoms with van der Waals surface area (Å²) in [5, 5.41) is 43.4. The average molecular weight is 884 g/mol. The molecule has 18 nitrogen and oxygen atoms in total. The Morgan fingerprint density at radius 3 is 2.34 bits per heavy atom. The number of nitrogens with one attached hydrogen (secondary N) is 4. The van der Waals surface area contributed by atoms with E-state index in [0.29, 0.717) is 63.2 Å². The normalized spacial score (nSPS) is 17.4. The van der Waals surface area contributed by atoms with Gasteiger partial charge in [-0.2, -0.15) is 0 Å². The maximum absolute atomic E-state index is 13.7. The molecule has 0 saturated heterocycles. The number of carbonyl (C=O) groups excluding carboxylic acids is 3. The number of tetrazole rings is 1. The van der Waals surface area contributed by atoms with Crippen LogP contribution >= 0.6 is 0 Å². The van der Waals surface area contributed by atoms with Crippen molar-refractivity contribution in [1.29, 1.82) is 0 Å². The maximum Gasteiger partial charge on any atom is 0.354 e. The standard InChI is InChI=1S/C46H61N9O9/c1-3-4-11-38-50-37(40(44(60)61)55(38)28-30-12-14-31(15-13-30)35-9-5-6-10-36(35)41-51-53-54-52-41)27-48-39(56)20-23-47-42(57)32-16-18-34(19-17-32)49-45(62)46(21-7-8-22-46)26-33(43(58)59)29-64-25-24-63-2/h5-6,9-10,12-15,32-34H,3-4,7-8,11,16-29H2,1-2H3,(H,47,57)(H,48,56)(H,49,62)(H,58,59)(H,60,61)(H,51,52,53,54). The number of benzene rings is 2. The first kappa shape index (κ1) is 47.5. The van der Waals surface area contributed by atoms with E-state index in [0.717, 1.165) is 47.9 Å². The number of aromatic nitrogens is 6. The van der Waals surface area contributed by atoms with E-state index in [-0.39, 0.29) is 86.8 Å². The molecule has 0 radical (unpaired) electrons. The number of aliphatic carboxylic acids is 1. The Morgan fingerprint density at radius 1 is 0.953 bits per heavy atom. The lowest BCUT2D eigenvalue weighted by molar-refractivity contribution is -0.147. The van der Waals surface area contributed by atoms with Crippen LogP contribution in [-0.2, 0) is 48.2 Å². The number of rotatable bonds is 24. The van der Waals surface area contributed by atoms with E-state index in [9.17, 15) is 34.2 Å². The van der Waals surface area contributed by atoms with Crippen LogP contribution in [0.25, 0.3) is 22.5 Å². The zero-order valence-electron chi connectivity index (χ0n) is 36.8. The van der Waals surface area contributed by atoms with E-state index in [4.69, 9.17) is 14.5 Å². The van der Waals surface area contributed by atoms with Gasteiger partial charge in [0.05, 0.1) is 43.4 Å². The van der Waals surface area contributed by atoms with Crippen LogP contribution in [0.5, 0.6) is 0 Å². The molecule has 18 heteroatoms. The minimum atomic E-state index is -1.14. The molecular weight excluding hydrogens is 823 g/mol. The van der Waals surface area contributed by atoms with Crippen molar-refractivity contribution in [2.24, 2.45) is 17.3 Å². The number of methoxy groups -OCH3 is 1. The fourth-order valence-corrected chi connectivity index (χ4v) is 8.98. The number of nitrogens with zero attached hydrogens (tertiary/aromatic N) is 5. The van der Waals surface area contributed by atoms with Crippen molar-refractivity contribution in [3.63, 3.8) is 0 Å². The van der Waals surface area contributed by atoms with Crippen molar-refractivity contribution in [3.05, 3.63) is 71.3 Å². The number of hydrogen-bond acceptors (Lipinski definition) is 11. The highest BCUT2D eigenvalue weighted by Crippen LogP contribution is 2.44. The highest BCUT2D eigenvalue weighted by molar-refractivity contribution is 5.88. The first-order valence-corrected chi connectivity index (χ1v) is 22.4. The third-order valence-electron chi connectivity index (χ3n) is 12.5. The topological polar surface area (TPSA) is 253 Å². The number of ether oxygens (including phenoxy) is 2. The summed E-state index contributed by atoms with van der Waals surface area (Å²) in [6.45, 7) is 3.03. The predicted molar refractivity (Wildman–Crippen MR) is 235 cm³/mol. The van der Waals surface area contributed by atoms with Gasteiger partial charge in [0.25, 0.3) is 0 Å². The average Bonchev–Trinajstić information content (AvgIpc) is 4.08. The summed E-state index contributed by atoms with van der Waals surface area (Å²) in [4.78, 5) is 69.3. The van der Waals surface area contributed by atoms with E-state index in [1.807, 2.05) is 48.5 Å². The molecule has 344 valence electrons. The molecule has 2 fully saturated rings. The minimum absolute atomic E-state index is 0.00219. The van der Waals surface area contributed by atoms with Crippen LogP contribution in [0.2, 0.25) is 0 Å². The molecule has 2 aliphatic rings. The molecule has 2 saturated carbocycles. The number of amides is 3. The molecule has 2 heterocycles. The second-order valence-electron chi connectivity index (χ2n) is 16.9. The molecule has 64 heavy (non-hydrogen) atoms. The number of hydrogen-bond donors (Lipinski definition) is 6. The molecule has 4 aromatic rings. The lowest BCUT2D eigenvalue weighted by Crippen LogP contribution is -2.48. The molecule has 0 spiro atoms. The summed E-state index contributed by atoms with van der Waals surface area (Å²) < 4.78 is 12.2. The Hall–Kier alpha value is -6.01. The van der Waals surface area contributed by atoms with Crippen LogP contribution in [0.4, 0.5) is 0 Å². The Kier molecular flexibility index (Phi) is 17.1. The van der Waals surface area contributed by atoms with Gasteiger partial charge >= 0.3 is 11.9 Å². The molecule has 2 aliphatic carbocycles. The van der Waals surface area contributed by atoms with E-state index < -0.39 is 23.3 Å². The quantitative estimate of drug-likeness (QED) is 0.0512. The largest absolute Gasteiger partial charge is 0.481 e. The fraction of sp³-hybridized carbons (Fsp3) is 0.543. The molecule has 0 aliphatic heterocycles. The van der Waals surface area contributed by atoms with Crippen LogP contribution in [0.1, 0.15) is 112 Å². The number of H-pyrrole nitrogens is 1. The number of aryl methyl sites for hydroxylation is 1. The zero-order chi connectivity index (χ0) is 45.5. The van der Waals surface area contributed by atoms with E-state index in [1.54, 1.807) is 11.7 Å². The molecular formula is C46H61N9O9. The summed E-state index contributed by atoms with van der Waals surface area (Å²) in [6, 6.07) is 15.5. The van der Waals surface area contributed by atoms with E-state index in [1.165, 1.54) is 0 Å². The van der Waals surface area contributed by atoms with Gasteiger partial charge in [0.15, 0.2) is 11.5 Å². The van der Waals surface area contributed by atoms with Crippen molar-refractivity contribution in [1.82, 2.24) is 46.1 Å². The molecule has 1 unspecified atom stereocenters. The van der Waals surface area contributed by atoms with Crippen molar-refractivity contribution in [3.8, 4) is 22.5 Å². The highest BCUT2D eigenvalue weighted by atomic mass is 16.5. The third kappa shape index (κ3) is 12.4. The summed E-state index contributed by atoms with van der Waals surface area (Å²) in [5.74, 6) is -2.62. The van der Waals surface area contributed by atoms with E-state index in [2.05, 4.69) is 43.5 Å². The highest BCUT2D eigenvalue weighted by Gasteiger charge is 2.45. The first-order chi connectivity index (χ1) is 31.0. The minimum Gasteiger partial charge on any atom is -0.481 e. The van der Waals surface area contributed by atoms with Gasteiger partial charge < -0.3 is 40.2 Å². The van der Waals surface area contributed by atoms with Gasteiger partial charge in [-0.3, -0.25) is 19.2 Å². The SMILES string of the molecule is CCCCc1nc(CNC(=O)CCNC(=O)C2CCC(NC(=O)C3(CC(COCCOC)C(=O)O)CCCC3)CC2)c(C(=O)O)n1Cc1ccc(-c2ccccc2-c2nnn[nH]2)cc1. The van der Waals surface area contributed by atoms with Crippen molar-refractivity contribution >= 4 is 29.7 Å². The smallest absolute Gasteiger partial charge is 0.354 e. The monoisotopic (exact) mass is 883 g/mol. The van der Waals surface area contributed by atoms with Crippen LogP contribution < -0.4 is 16.0 Å². The molecule has 0 bridgehead atoms. The van der Waals surface area contributed by atoms with Crippen LogP contribution in [0.3, 0.4) is 0 Å². The second kappa shape index (κ2) is 23.1. The Morgan fingerprint density at radius 2 is 1.69 bits per heavy atom. The summed E-state index contributed by atoms with van der Waals surface area (Å²) in [5.41, 5.74) is 3.14. The second-order valence-corrected chi connectivity index (χ2v) is 16.9. The number of unbranched alkanes of at least 4 members (excludes halogenated alkanes) is 1. The zero-order valence-corrected chi connectivity index (χ0v) is 36.8. The Bertz CT molecular complexity index is 2180. The Balaban J connectivity index is 0.978. The van der Waals surface area contributed by atoms with E-state index >= 15 is 0 Å².